The van der Waals surface area contributed by atoms with Crippen molar-refractivity contribution in [3.05, 3.63) is 93.7 Å². The van der Waals surface area contributed by atoms with Gasteiger partial charge in [-0.05, 0) is 23.8 Å². The third-order valence-electron chi connectivity index (χ3n) is 4.45. The molecule has 0 spiro atoms. The summed E-state index contributed by atoms with van der Waals surface area (Å²) < 4.78 is 27.5. The van der Waals surface area contributed by atoms with E-state index < -0.39 is 17.7 Å². The molecule has 0 radical (unpaired) electrons. The van der Waals surface area contributed by atoms with E-state index in [4.69, 9.17) is 23.2 Å². The van der Waals surface area contributed by atoms with E-state index in [9.17, 15) is 13.9 Å². The van der Waals surface area contributed by atoms with Crippen LogP contribution in [0.2, 0.25) is 10.0 Å². The number of halogens is 4. The lowest BCUT2D eigenvalue weighted by molar-refractivity contribution is 0.471. The van der Waals surface area contributed by atoms with E-state index in [-0.39, 0.29) is 11.6 Å². The van der Waals surface area contributed by atoms with E-state index in [1.54, 1.807) is 36.5 Å². The van der Waals surface area contributed by atoms with Gasteiger partial charge in [0.25, 0.3) is 0 Å². The van der Waals surface area contributed by atoms with Crippen molar-refractivity contribution < 1.29 is 13.9 Å². The molecule has 1 unspecified atom stereocenters. The first-order chi connectivity index (χ1) is 13.9. The van der Waals surface area contributed by atoms with Gasteiger partial charge in [0.2, 0.25) is 0 Å². The summed E-state index contributed by atoms with van der Waals surface area (Å²) in [5, 5.41) is 15.2. The Morgan fingerprint density at radius 2 is 1.76 bits per heavy atom. The molecule has 29 heavy (non-hydrogen) atoms. The van der Waals surface area contributed by atoms with Crippen molar-refractivity contribution >= 4 is 39.9 Å². The molecule has 4 rings (SSSR count). The van der Waals surface area contributed by atoms with Crippen molar-refractivity contribution in [2.45, 2.75) is 6.04 Å². The summed E-state index contributed by atoms with van der Waals surface area (Å²) in [5.41, 5.74) is 1.30. The van der Waals surface area contributed by atoms with E-state index in [2.05, 4.69) is 15.3 Å². The molecule has 4 nitrogen and oxygen atoms in total. The van der Waals surface area contributed by atoms with Crippen molar-refractivity contribution in [1.29, 1.82) is 0 Å². The molecule has 0 bridgehead atoms. The fourth-order valence-electron chi connectivity index (χ4n) is 3.09. The minimum atomic E-state index is -0.876. The van der Waals surface area contributed by atoms with Crippen LogP contribution in [0.15, 0.2) is 60.9 Å². The topological polar surface area (TPSA) is 58.0 Å². The van der Waals surface area contributed by atoms with Gasteiger partial charge in [-0.1, -0.05) is 47.5 Å². The van der Waals surface area contributed by atoms with Crippen LogP contribution in [0.5, 0.6) is 5.75 Å². The predicted molar refractivity (Wildman–Crippen MR) is 109 cm³/mol. The number of phenolic OH excluding ortho intramolecular Hbond substituents is 1. The monoisotopic (exact) mass is 431 g/mol. The Labute approximate surface area is 174 Å². The van der Waals surface area contributed by atoms with Crippen LogP contribution in [0, 0.1) is 11.6 Å². The first-order valence-electron chi connectivity index (χ1n) is 8.53. The van der Waals surface area contributed by atoms with Gasteiger partial charge in [0, 0.05) is 33.3 Å². The molecule has 0 fully saturated rings. The molecule has 2 aromatic heterocycles. The molecular weight excluding hydrogens is 419 g/mol. The third-order valence-corrected chi connectivity index (χ3v) is 5.01. The lowest BCUT2D eigenvalue weighted by Crippen LogP contribution is -2.15. The molecule has 146 valence electrons. The molecule has 1 atom stereocenters. The van der Waals surface area contributed by atoms with Crippen LogP contribution in [-0.4, -0.2) is 15.1 Å². The van der Waals surface area contributed by atoms with E-state index in [0.717, 1.165) is 17.6 Å². The Balaban J connectivity index is 1.89. The molecule has 4 aromatic rings. The molecule has 2 N–H and O–H groups in total. The number of fused-ring (bicyclic) bond motifs is 1. The summed E-state index contributed by atoms with van der Waals surface area (Å²) in [5.74, 6) is -1.96. The van der Waals surface area contributed by atoms with E-state index in [1.165, 1.54) is 6.07 Å². The average molecular weight is 432 g/mol. The van der Waals surface area contributed by atoms with Gasteiger partial charge in [-0.25, -0.2) is 13.8 Å². The van der Waals surface area contributed by atoms with Gasteiger partial charge in [0.1, 0.15) is 17.1 Å². The second kappa shape index (κ2) is 7.81. The molecule has 8 heteroatoms. The number of aromatic hydroxyl groups is 1. The Bertz CT molecular complexity index is 1220. The van der Waals surface area contributed by atoms with Gasteiger partial charge < -0.3 is 10.4 Å². The van der Waals surface area contributed by atoms with Crippen LogP contribution >= 0.6 is 23.2 Å². The van der Waals surface area contributed by atoms with Crippen molar-refractivity contribution in [2.75, 3.05) is 5.32 Å². The highest BCUT2D eigenvalue weighted by molar-refractivity contribution is 6.35. The Morgan fingerprint density at radius 1 is 0.966 bits per heavy atom. The minimum absolute atomic E-state index is 0.0888. The van der Waals surface area contributed by atoms with Crippen LogP contribution in [0.3, 0.4) is 0 Å². The lowest BCUT2D eigenvalue weighted by Gasteiger charge is -2.23. The number of hydrogen-bond donors (Lipinski definition) is 2. The summed E-state index contributed by atoms with van der Waals surface area (Å²) in [6.45, 7) is 0. The van der Waals surface area contributed by atoms with E-state index in [1.807, 2.05) is 6.07 Å². The number of phenols is 1. The zero-order valence-electron chi connectivity index (χ0n) is 14.7. The first-order valence-corrected chi connectivity index (χ1v) is 9.29. The lowest BCUT2D eigenvalue weighted by atomic mass is 9.96. The molecule has 2 heterocycles. The maximum atomic E-state index is 14.3. The fraction of sp³-hybridized carbons (Fsp3) is 0.0476. The number of rotatable bonds is 4. The molecule has 0 saturated carbocycles. The summed E-state index contributed by atoms with van der Waals surface area (Å²) in [6.07, 6.45) is 2.46. The number of aromatic nitrogens is 2. The quantitative estimate of drug-likeness (QED) is 0.408. The SMILES string of the molecule is Oc1c(C(Nc2ncc(F)cc2F)c2ccc(Cl)cc2Cl)ccc2cccnc12. The highest BCUT2D eigenvalue weighted by Crippen LogP contribution is 2.39. The van der Waals surface area contributed by atoms with Crippen LogP contribution in [0.4, 0.5) is 14.6 Å². The van der Waals surface area contributed by atoms with Crippen LogP contribution in [0.1, 0.15) is 17.2 Å². The van der Waals surface area contributed by atoms with Crippen LogP contribution < -0.4 is 5.32 Å². The number of nitrogens with zero attached hydrogens (tertiary/aromatic N) is 2. The number of nitrogens with one attached hydrogen (secondary N) is 1. The highest BCUT2D eigenvalue weighted by atomic mass is 35.5. The van der Waals surface area contributed by atoms with Crippen LogP contribution in [0.25, 0.3) is 10.9 Å². The molecule has 0 aliphatic heterocycles. The van der Waals surface area contributed by atoms with Crippen LogP contribution in [-0.2, 0) is 0 Å². The second-order valence-corrected chi connectivity index (χ2v) is 7.15. The van der Waals surface area contributed by atoms with E-state index >= 15 is 0 Å². The summed E-state index contributed by atoms with van der Waals surface area (Å²) in [4.78, 5) is 8.00. The average Bonchev–Trinajstić information content (AvgIpc) is 2.69. The van der Waals surface area contributed by atoms with Gasteiger partial charge in [0.15, 0.2) is 11.6 Å². The molecular formula is C21H13Cl2F2N3O. The molecule has 0 saturated heterocycles. The highest BCUT2D eigenvalue weighted by Gasteiger charge is 2.24. The van der Waals surface area contributed by atoms with Crippen molar-refractivity contribution in [3.63, 3.8) is 0 Å². The number of benzene rings is 2. The Kier molecular flexibility index (Phi) is 5.22. The number of pyridine rings is 2. The minimum Gasteiger partial charge on any atom is -0.505 e. The Morgan fingerprint density at radius 3 is 2.52 bits per heavy atom. The van der Waals surface area contributed by atoms with Gasteiger partial charge in [-0.2, -0.15) is 0 Å². The fourth-order valence-corrected chi connectivity index (χ4v) is 3.61. The number of anilines is 1. The zero-order valence-corrected chi connectivity index (χ0v) is 16.2. The van der Waals surface area contributed by atoms with Gasteiger partial charge in [-0.3, -0.25) is 4.98 Å². The van der Waals surface area contributed by atoms with Crippen molar-refractivity contribution in [3.8, 4) is 5.75 Å². The molecule has 0 aliphatic carbocycles. The zero-order chi connectivity index (χ0) is 20.5. The molecule has 2 aromatic carbocycles. The van der Waals surface area contributed by atoms with Gasteiger partial charge in [-0.15, -0.1) is 0 Å². The van der Waals surface area contributed by atoms with Gasteiger partial charge in [0.05, 0.1) is 12.2 Å². The van der Waals surface area contributed by atoms with E-state index in [0.29, 0.717) is 26.7 Å². The molecule has 0 aliphatic rings. The standard InChI is InChI=1S/C21H13Cl2F2N3O/c22-12-4-6-14(16(23)8-12)19(28-21-17(25)9-13(24)10-27-21)15-5-3-11-2-1-7-26-18(11)20(15)29/h1-10,19,29H,(H,27,28). The molecule has 0 amide bonds. The van der Waals surface area contributed by atoms with Crippen molar-refractivity contribution in [1.82, 2.24) is 9.97 Å². The normalized spacial score (nSPS) is 12.1. The first kappa shape index (κ1) is 19.4. The number of hydrogen-bond acceptors (Lipinski definition) is 4. The maximum Gasteiger partial charge on any atom is 0.168 e. The summed E-state index contributed by atoms with van der Waals surface area (Å²) in [6, 6.07) is 11.8. The van der Waals surface area contributed by atoms with Gasteiger partial charge >= 0.3 is 0 Å². The smallest absolute Gasteiger partial charge is 0.168 e. The Hall–Kier alpha value is -2.96. The predicted octanol–water partition coefficient (Wildman–Crippen LogP) is 6.12. The summed E-state index contributed by atoms with van der Waals surface area (Å²) >= 11 is 12.4. The van der Waals surface area contributed by atoms with Crippen molar-refractivity contribution in [2.24, 2.45) is 0 Å². The largest absolute Gasteiger partial charge is 0.505 e. The summed E-state index contributed by atoms with van der Waals surface area (Å²) in [7, 11) is 0. The second-order valence-electron chi connectivity index (χ2n) is 6.31. The third kappa shape index (κ3) is 3.81. The maximum absolute atomic E-state index is 14.3.